The first-order valence-electron chi connectivity index (χ1n) is 9.01. The van der Waals surface area contributed by atoms with Crippen LogP contribution in [0.5, 0.6) is 5.75 Å². The van der Waals surface area contributed by atoms with E-state index in [0.29, 0.717) is 0 Å². The van der Waals surface area contributed by atoms with E-state index in [1.165, 1.54) is 11.3 Å². The number of aromatic nitrogens is 1. The molecule has 5 heteroatoms. The molecule has 2 aliphatic rings. The van der Waals surface area contributed by atoms with Gasteiger partial charge in [0.15, 0.2) is 0 Å². The lowest BCUT2D eigenvalue weighted by molar-refractivity contribution is -0.00908. The van der Waals surface area contributed by atoms with Crippen molar-refractivity contribution >= 4 is 10.9 Å². The highest BCUT2D eigenvalue weighted by Crippen LogP contribution is 2.49. The largest absolute Gasteiger partial charge is 0.508 e. The van der Waals surface area contributed by atoms with Crippen LogP contribution in [0.1, 0.15) is 30.6 Å². The molecule has 4 atom stereocenters. The van der Waals surface area contributed by atoms with E-state index < -0.39 is 0 Å². The first kappa shape index (κ1) is 16.6. The number of benzene rings is 1. The topological polar surface area (TPSA) is 79.7 Å². The van der Waals surface area contributed by atoms with Crippen LogP contribution in [0.4, 0.5) is 0 Å². The lowest BCUT2D eigenvalue weighted by atomic mass is 9.68. The van der Waals surface area contributed by atoms with E-state index in [1.807, 2.05) is 25.1 Å². The molecule has 1 fully saturated rings. The zero-order chi connectivity index (χ0) is 17.7. The van der Waals surface area contributed by atoms with Gasteiger partial charge in [0, 0.05) is 35.2 Å². The number of aromatic hydroxyl groups is 1. The number of hydrogen-bond donors (Lipinski definition) is 4. The van der Waals surface area contributed by atoms with Crippen LogP contribution in [-0.2, 0) is 6.42 Å². The Morgan fingerprint density at radius 1 is 1.36 bits per heavy atom. The second kappa shape index (κ2) is 6.16. The smallest absolute Gasteiger partial charge is 0.116 e. The molecule has 1 aromatic heterocycles. The number of aliphatic hydroxyl groups is 2. The van der Waals surface area contributed by atoms with Crippen molar-refractivity contribution in [1.82, 2.24) is 9.88 Å². The molecule has 4 N–H and O–H groups in total. The summed E-state index contributed by atoms with van der Waals surface area (Å²) in [6.07, 6.45) is 3.72. The standard InChI is InChI=1S/C20H26N2O3/c1-3-11(9-23)13-7-19-20-15(8-18(22(19)2)16(13)10-24)14-6-12(25)4-5-17(14)21-20/h3-6,13,16,18-19,21,23-25H,7-10H2,1-2H3/b11-3+. The van der Waals surface area contributed by atoms with Gasteiger partial charge < -0.3 is 20.3 Å². The highest BCUT2D eigenvalue weighted by Gasteiger charge is 2.47. The van der Waals surface area contributed by atoms with Gasteiger partial charge in [0.25, 0.3) is 0 Å². The fourth-order valence-electron chi connectivity index (χ4n) is 5.07. The van der Waals surface area contributed by atoms with Crippen LogP contribution in [-0.4, -0.2) is 51.5 Å². The fraction of sp³-hybridized carbons (Fsp3) is 0.500. The van der Waals surface area contributed by atoms with Crippen LogP contribution in [0, 0.1) is 11.8 Å². The van der Waals surface area contributed by atoms with Crippen molar-refractivity contribution in [3.05, 3.63) is 41.1 Å². The van der Waals surface area contributed by atoms with E-state index in [9.17, 15) is 15.3 Å². The van der Waals surface area contributed by atoms with Crippen LogP contribution >= 0.6 is 0 Å². The van der Waals surface area contributed by atoms with Crippen LogP contribution in [0.3, 0.4) is 0 Å². The number of phenolic OH excluding ortho intramolecular Hbond substituents is 1. The zero-order valence-corrected chi connectivity index (χ0v) is 14.7. The van der Waals surface area contributed by atoms with Gasteiger partial charge >= 0.3 is 0 Å². The zero-order valence-electron chi connectivity index (χ0n) is 14.7. The molecular weight excluding hydrogens is 316 g/mol. The van der Waals surface area contributed by atoms with Crippen LogP contribution in [0.25, 0.3) is 10.9 Å². The highest BCUT2D eigenvalue weighted by molar-refractivity contribution is 5.86. The number of rotatable bonds is 3. The van der Waals surface area contributed by atoms with Gasteiger partial charge in [-0.1, -0.05) is 6.08 Å². The van der Waals surface area contributed by atoms with Crippen molar-refractivity contribution in [2.45, 2.75) is 31.8 Å². The maximum absolute atomic E-state index is 10.1. The van der Waals surface area contributed by atoms with Crippen molar-refractivity contribution in [1.29, 1.82) is 0 Å². The second-order valence-corrected chi connectivity index (χ2v) is 7.41. The molecule has 2 aliphatic heterocycles. The van der Waals surface area contributed by atoms with Crippen LogP contribution in [0.2, 0.25) is 0 Å². The number of allylic oxidation sites excluding steroid dienone is 1. The van der Waals surface area contributed by atoms with Crippen LogP contribution in [0.15, 0.2) is 29.8 Å². The Hall–Kier alpha value is -1.82. The average molecular weight is 342 g/mol. The number of nitrogens with one attached hydrogen (secondary N) is 1. The number of likely N-dealkylation sites (N-methyl/N-ethyl adjacent to an activating group) is 1. The Bertz CT molecular complexity index is 826. The molecule has 0 aliphatic carbocycles. The number of fused-ring (bicyclic) bond motifs is 6. The summed E-state index contributed by atoms with van der Waals surface area (Å²) in [6.45, 7) is 2.13. The van der Waals surface area contributed by atoms with Gasteiger partial charge in [-0.25, -0.2) is 0 Å². The number of hydrogen-bond acceptors (Lipinski definition) is 4. The number of piperidine rings is 1. The van der Waals surface area contributed by atoms with E-state index in [1.54, 1.807) is 6.07 Å². The van der Waals surface area contributed by atoms with Crippen molar-refractivity contribution in [2.24, 2.45) is 11.8 Å². The average Bonchev–Trinajstić information content (AvgIpc) is 2.95. The lowest BCUT2D eigenvalue weighted by Gasteiger charge is -2.51. The van der Waals surface area contributed by atoms with E-state index in [2.05, 4.69) is 16.9 Å². The van der Waals surface area contributed by atoms with Gasteiger partial charge in [-0.2, -0.15) is 0 Å². The van der Waals surface area contributed by atoms with Crippen molar-refractivity contribution in [2.75, 3.05) is 20.3 Å². The van der Waals surface area contributed by atoms with E-state index >= 15 is 0 Å². The normalized spacial score (nSPS) is 29.8. The number of aliphatic hydroxyl groups excluding tert-OH is 2. The van der Waals surface area contributed by atoms with Gasteiger partial charge in [0.2, 0.25) is 0 Å². The minimum absolute atomic E-state index is 0.0499. The molecule has 4 rings (SSSR count). The molecule has 1 saturated heterocycles. The van der Waals surface area contributed by atoms with Gasteiger partial charge in [-0.15, -0.1) is 0 Å². The third kappa shape index (κ3) is 2.41. The monoisotopic (exact) mass is 342 g/mol. The first-order chi connectivity index (χ1) is 12.1. The Morgan fingerprint density at radius 2 is 2.16 bits per heavy atom. The number of phenols is 1. The molecule has 25 heavy (non-hydrogen) atoms. The number of H-pyrrole nitrogens is 1. The first-order valence-corrected chi connectivity index (χ1v) is 9.01. The molecule has 0 radical (unpaired) electrons. The molecule has 0 amide bonds. The van der Waals surface area contributed by atoms with E-state index in [0.717, 1.165) is 29.3 Å². The Morgan fingerprint density at radius 3 is 2.84 bits per heavy atom. The molecule has 1 aromatic carbocycles. The molecule has 0 spiro atoms. The Kier molecular flexibility index (Phi) is 4.10. The molecule has 3 heterocycles. The lowest BCUT2D eigenvalue weighted by Crippen LogP contribution is -2.54. The van der Waals surface area contributed by atoms with Crippen molar-refractivity contribution < 1.29 is 15.3 Å². The molecule has 5 nitrogen and oxygen atoms in total. The quantitative estimate of drug-likeness (QED) is 0.646. The summed E-state index contributed by atoms with van der Waals surface area (Å²) in [5, 5.41) is 30.8. The summed E-state index contributed by atoms with van der Waals surface area (Å²) in [7, 11) is 2.13. The van der Waals surface area contributed by atoms with Crippen LogP contribution < -0.4 is 0 Å². The fourth-order valence-corrected chi connectivity index (χ4v) is 5.07. The molecule has 2 bridgehead atoms. The predicted molar refractivity (Wildman–Crippen MR) is 97.5 cm³/mol. The minimum Gasteiger partial charge on any atom is -0.508 e. The molecule has 4 unspecified atom stereocenters. The van der Waals surface area contributed by atoms with Gasteiger partial charge in [-0.05, 0) is 62.1 Å². The summed E-state index contributed by atoms with van der Waals surface area (Å²) in [5.74, 6) is 0.584. The number of aromatic amines is 1. The van der Waals surface area contributed by atoms with Gasteiger partial charge in [0.1, 0.15) is 5.75 Å². The molecule has 134 valence electrons. The number of nitrogens with zero attached hydrogens (tertiary/aromatic N) is 1. The summed E-state index contributed by atoms with van der Waals surface area (Å²) in [5.41, 5.74) is 4.56. The minimum atomic E-state index is 0.0499. The Labute approximate surface area is 147 Å². The van der Waals surface area contributed by atoms with Crippen molar-refractivity contribution in [3.63, 3.8) is 0 Å². The molecule has 2 aromatic rings. The summed E-state index contributed by atoms with van der Waals surface area (Å²) >= 11 is 0. The summed E-state index contributed by atoms with van der Waals surface area (Å²) in [6, 6.07) is 5.94. The van der Waals surface area contributed by atoms with E-state index in [4.69, 9.17) is 0 Å². The van der Waals surface area contributed by atoms with E-state index in [-0.39, 0.29) is 42.9 Å². The summed E-state index contributed by atoms with van der Waals surface area (Å²) in [4.78, 5) is 5.93. The third-order valence-electron chi connectivity index (χ3n) is 6.41. The molecular formula is C20H26N2O3. The summed E-state index contributed by atoms with van der Waals surface area (Å²) < 4.78 is 0. The second-order valence-electron chi connectivity index (χ2n) is 7.41. The predicted octanol–water partition coefficient (Wildman–Crippen LogP) is 2.34. The van der Waals surface area contributed by atoms with Gasteiger partial charge in [-0.3, -0.25) is 4.90 Å². The van der Waals surface area contributed by atoms with Gasteiger partial charge in [0.05, 0.1) is 12.6 Å². The maximum Gasteiger partial charge on any atom is 0.116 e. The SMILES string of the molecule is C/C=C(\CO)C1CC2c3[nH]c4ccc(O)cc4c3CC(C1CO)N2C. The highest BCUT2D eigenvalue weighted by atomic mass is 16.3. The third-order valence-corrected chi connectivity index (χ3v) is 6.41. The molecule has 0 saturated carbocycles. The van der Waals surface area contributed by atoms with Crippen molar-refractivity contribution in [3.8, 4) is 5.75 Å². The Balaban J connectivity index is 1.84. The maximum atomic E-state index is 10.1.